The van der Waals surface area contributed by atoms with Crippen molar-refractivity contribution in [2.45, 2.75) is 19.6 Å². The summed E-state index contributed by atoms with van der Waals surface area (Å²) in [4.78, 5) is 22.6. The van der Waals surface area contributed by atoms with Gasteiger partial charge >= 0.3 is 5.97 Å². The third kappa shape index (κ3) is 3.42. The normalized spacial score (nSPS) is 10.8. The SMILES string of the molecule is COC(=O)c1cccc(O[Si](C)(C)C)c1C=O. The lowest BCUT2D eigenvalue weighted by Gasteiger charge is -2.21. The zero-order chi connectivity index (χ0) is 13.1. The number of esters is 1. The van der Waals surface area contributed by atoms with Crippen molar-refractivity contribution in [2.75, 3.05) is 7.11 Å². The Hall–Kier alpha value is -1.62. The van der Waals surface area contributed by atoms with Gasteiger partial charge in [-0.15, -0.1) is 0 Å². The van der Waals surface area contributed by atoms with Crippen molar-refractivity contribution in [1.29, 1.82) is 0 Å². The van der Waals surface area contributed by atoms with E-state index in [0.717, 1.165) is 0 Å². The molecule has 1 rings (SSSR count). The predicted molar refractivity (Wildman–Crippen MR) is 67.1 cm³/mol. The van der Waals surface area contributed by atoms with E-state index in [4.69, 9.17) is 4.43 Å². The van der Waals surface area contributed by atoms with E-state index in [1.54, 1.807) is 18.2 Å². The second-order valence-corrected chi connectivity index (χ2v) is 8.97. The maximum Gasteiger partial charge on any atom is 0.338 e. The minimum absolute atomic E-state index is 0.234. The third-order valence-electron chi connectivity index (χ3n) is 2.01. The van der Waals surface area contributed by atoms with E-state index < -0.39 is 14.3 Å². The van der Waals surface area contributed by atoms with Crippen LogP contribution in [0.2, 0.25) is 19.6 Å². The Kier molecular flexibility index (Phi) is 4.06. The standard InChI is InChI=1S/C12H16O4Si/c1-15-12(14)9-6-5-7-11(10(9)8-13)16-17(2,3)4/h5-8H,1-4H3. The number of methoxy groups -OCH3 is 1. The van der Waals surface area contributed by atoms with Crippen LogP contribution in [0.5, 0.6) is 5.75 Å². The van der Waals surface area contributed by atoms with Crippen LogP contribution in [-0.4, -0.2) is 27.7 Å². The van der Waals surface area contributed by atoms with Crippen molar-refractivity contribution in [1.82, 2.24) is 0 Å². The Balaban J connectivity index is 3.24. The molecular weight excluding hydrogens is 236 g/mol. The molecule has 0 N–H and O–H groups in total. The molecule has 92 valence electrons. The summed E-state index contributed by atoms with van der Waals surface area (Å²) in [6.07, 6.45) is 0.627. The molecule has 0 saturated heterocycles. The predicted octanol–water partition coefficient (Wildman–Crippen LogP) is 2.50. The van der Waals surface area contributed by atoms with E-state index in [1.165, 1.54) is 7.11 Å². The minimum Gasteiger partial charge on any atom is -0.544 e. The van der Waals surface area contributed by atoms with Crippen LogP contribution in [0, 0.1) is 0 Å². The number of carbonyl (C=O) groups is 2. The summed E-state index contributed by atoms with van der Waals surface area (Å²) in [7, 11) is -0.544. The first-order valence-electron chi connectivity index (χ1n) is 5.24. The summed E-state index contributed by atoms with van der Waals surface area (Å²) in [5.74, 6) is -0.0878. The molecule has 1 aromatic rings. The molecule has 0 spiro atoms. The Morgan fingerprint density at radius 1 is 1.29 bits per heavy atom. The molecule has 17 heavy (non-hydrogen) atoms. The first-order valence-corrected chi connectivity index (χ1v) is 8.65. The minimum atomic E-state index is -1.82. The van der Waals surface area contributed by atoms with E-state index in [2.05, 4.69) is 4.74 Å². The van der Waals surface area contributed by atoms with Gasteiger partial charge in [-0.3, -0.25) is 4.79 Å². The first kappa shape index (κ1) is 13.4. The monoisotopic (exact) mass is 252 g/mol. The number of rotatable bonds is 4. The first-order chi connectivity index (χ1) is 7.89. The van der Waals surface area contributed by atoms with Gasteiger partial charge in [0.2, 0.25) is 8.32 Å². The quantitative estimate of drug-likeness (QED) is 0.469. The fourth-order valence-corrected chi connectivity index (χ4v) is 2.21. The lowest BCUT2D eigenvalue weighted by atomic mass is 10.1. The van der Waals surface area contributed by atoms with E-state index in [-0.39, 0.29) is 11.1 Å². The maximum absolute atomic E-state index is 11.5. The van der Waals surface area contributed by atoms with Crippen LogP contribution in [-0.2, 0) is 4.74 Å². The van der Waals surface area contributed by atoms with Gasteiger partial charge in [-0.05, 0) is 31.8 Å². The summed E-state index contributed by atoms with van der Waals surface area (Å²) in [5.41, 5.74) is 0.486. The largest absolute Gasteiger partial charge is 0.544 e. The third-order valence-corrected chi connectivity index (χ3v) is 2.84. The molecular formula is C12H16O4Si. The van der Waals surface area contributed by atoms with Gasteiger partial charge in [0.1, 0.15) is 5.75 Å². The van der Waals surface area contributed by atoms with Crippen molar-refractivity contribution in [3.63, 3.8) is 0 Å². The Morgan fingerprint density at radius 3 is 2.41 bits per heavy atom. The fraction of sp³-hybridized carbons (Fsp3) is 0.333. The molecule has 0 aliphatic heterocycles. The molecule has 0 aliphatic carbocycles. The van der Waals surface area contributed by atoms with E-state index >= 15 is 0 Å². The highest BCUT2D eigenvalue weighted by Crippen LogP contribution is 2.24. The van der Waals surface area contributed by atoms with Crippen molar-refractivity contribution in [2.24, 2.45) is 0 Å². The van der Waals surface area contributed by atoms with Crippen molar-refractivity contribution >= 4 is 20.6 Å². The van der Waals surface area contributed by atoms with E-state index in [0.29, 0.717) is 12.0 Å². The molecule has 0 unspecified atom stereocenters. The average Bonchev–Trinajstić information content (AvgIpc) is 2.25. The Morgan fingerprint density at radius 2 is 1.94 bits per heavy atom. The van der Waals surface area contributed by atoms with Gasteiger partial charge in [0, 0.05) is 0 Å². The van der Waals surface area contributed by atoms with Crippen LogP contribution in [0.3, 0.4) is 0 Å². The van der Waals surface area contributed by atoms with Crippen LogP contribution in [0.25, 0.3) is 0 Å². The van der Waals surface area contributed by atoms with Crippen molar-refractivity contribution in [3.05, 3.63) is 29.3 Å². The second-order valence-electron chi connectivity index (χ2n) is 4.54. The maximum atomic E-state index is 11.5. The smallest absolute Gasteiger partial charge is 0.338 e. The molecule has 0 saturated carbocycles. The summed E-state index contributed by atoms with van der Waals surface area (Å²) in [5, 5.41) is 0. The molecule has 5 heteroatoms. The zero-order valence-corrected chi connectivity index (χ0v) is 11.4. The molecule has 0 bridgehead atoms. The summed E-state index contributed by atoms with van der Waals surface area (Å²) in [6, 6.07) is 4.91. The Labute approximate surface area is 102 Å². The van der Waals surface area contributed by atoms with Crippen LogP contribution in [0.4, 0.5) is 0 Å². The lowest BCUT2D eigenvalue weighted by molar-refractivity contribution is 0.0598. The molecule has 0 radical (unpaired) electrons. The van der Waals surface area contributed by atoms with Crippen LogP contribution < -0.4 is 4.43 Å². The van der Waals surface area contributed by atoms with Gasteiger partial charge in [-0.1, -0.05) is 6.07 Å². The molecule has 4 nitrogen and oxygen atoms in total. The molecule has 0 amide bonds. The molecule has 0 atom stereocenters. The van der Waals surface area contributed by atoms with Crippen LogP contribution in [0.1, 0.15) is 20.7 Å². The number of aldehydes is 1. The lowest BCUT2D eigenvalue weighted by Crippen LogP contribution is -2.30. The average molecular weight is 252 g/mol. The number of hydrogen-bond donors (Lipinski definition) is 0. The summed E-state index contributed by atoms with van der Waals surface area (Å²) in [6.45, 7) is 6.02. The topological polar surface area (TPSA) is 52.6 Å². The number of carbonyl (C=O) groups excluding carboxylic acids is 2. The number of ether oxygens (including phenoxy) is 1. The highest BCUT2D eigenvalue weighted by atomic mass is 28.4. The van der Waals surface area contributed by atoms with E-state index in [1.807, 2.05) is 19.6 Å². The van der Waals surface area contributed by atoms with Crippen LogP contribution in [0.15, 0.2) is 18.2 Å². The van der Waals surface area contributed by atoms with Crippen molar-refractivity contribution in [3.8, 4) is 5.75 Å². The second kappa shape index (κ2) is 5.14. The fourth-order valence-electron chi connectivity index (χ4n) is 1.37. The van der Waals surface area contributed by atoms with E-state index in [9.17, 15) is 9.59 Å². The summed E-state index contributed by atoms with van der Waals surface area (Å²) >= 11 is 0. The van der Waals surface area contributed by atoms with Gasteiger partial charge in [0.05, 0.1) is 18.2 Å². The molecule has 0 heterocycles. The number of hydrogen-bond acceptors (Lipinski definition) is 4. The van der Waals surface area contributed by atoms with Gasteiger partial charge < -0.3 is 9.16 Å². The Bertz CT molecular complexity index is 435. The number of benzene rings is 1. The summed E-state index contributed by atoms with van der Waals surface area (Å²) < 4.78 is 10.4. The molecule has 0 aromatic heterocycles. The van der Waals surface area contributed by atoms with Gasteiger partial charge in [0.15, 0.2) is 6.29 Å². The van der Waals surface area contributed by atoms with Crippen molar-refractivity contribution < 1.29 is 18.8 Å². The van der Waals surface area contributed by atoms with Gasteiger partial charge in [0.25, 0.3) is 0 Å². The van der Waals surface area contributed by atoms with Gasteiger partial charge in [-0.25, -0.2) is 4.79 Å². The zero-order valence-electron chi connectivity index (χ0n) is 10.4. The molecule has 0 aliphatic rings. The highest BCUT2D eigenvalue weighted by molar-refractivity contribution is 6.70. The molecule has 1 aromatic carbocycles. The highest BCUT2D eigenvalue weighted by Gasteiger charge is 2.21. The van der Waals surface area contributed by atoms with Gasteiger partial charge in [-0.2, -0.15) is 0 Å². The van der Waals surface area contributed by atoms with Crippen LogP contribution >= 0.6 is 0 Å². The molecule has 0 fully saturated rings.